The number of nitrogens with zero attached hydrogens (tertiary/aromatic N) is 1. The SMILES string of the molecule is CC(C)C[C@@H]([C]=O)N(C(=O)c1ccc(C(F)(F)F)cc1)C(=O)c1ccc(F)c(F)c1. The average Bonchev–Trinajstić information content (AvgIpc) is 2.68. The summed E-state index contributed by atoms with van der Waals surface area (Å²) in [4.78, 5) is 37.8. The second kappa shape index (κ2) is 9.15. The molecule has 0 saturated heterocycles. The molecule has 4 nitrogen and oxygen atoms in total. The van der Waals surface area contributed by atoms with E-state index in [1.165, 1.54) is 0 Å². The zero-order chi connectivity index (χ0) is 22.6. The van der Waals surface area contributed by atoms with E-state index < -0.39 is 46.8 Å². The van der Waals surface area contributed by atoms with Gasteiger partial charge >= 0.3 is 6.18 Å². The van der Waals surface area contributed by atoms with Crippen molar-refractivity contribution in [1.29, 1.82) is 0 Å². The van der Waals surface area contributed by atoms with Crippen molar-refractivity contribution in [3.63, 3.8) is 0 Å². The first-order valence-electron chi connectivity index (χ1n) is 8.83. The summed E-state index contributed by atoms with van der Waals surface area (Å²) in [7, 11) is 0. The standard InChI is InChI=1S/C21H17F5NO3/c1-12(2)9-16(11-28)27(20(30)14-5-8-17(22)18(23)10-14)19(29)13-3-6-15(7-4-13)21(24,25)26/h3-8,10,12,16H,9H2,1-2H3/t16-/m0/s1. The molecule has 0 heterocycles. The Balaban J connectivity index is 2.49. The van der Waals surface area contributed by atoms with Crippen molar-refractivity contribution in [3.8, 4) is 0 Å². The zero-order valence-electron chi connectivity index (χ0n) is 16.0. The van der Waals surface area contributed by atoms with Gasteiger partial charge in [-0.1, -0.05) is 13.8 Å². The maximum Gasteiger partial charge on any atom is 0.416 e. The first-order chi connectivity index (χ1) is 14.0. The number of imide groups is 1. The summed E-state index contributed by atoms with van der Waals surface area (Å²) >= 11 is 0. The Morgan fingerprint density at radius 3 is 1.93 bits per heavy atom. The number of amides is 2. The van der Waals surface area contributed by atoms with E-state index in [0.717, 1.165) is 18.2 Å². The summed E-state index contributed by atoms with van der Waals surface area (Å²) in [5.74, 6) is -4.87. The predicted molar refractivity (Wildman–Crippen MR) is 97.2 cm³/mol. The van der Waals surface area contributed by atoms with E-state index in [-0.39, 0.29) is 17.9 Å². The van der Waals surface area contributed by atoms with Crippen LogP contribution in [0.3, 0.4) is 0 Å². The van der Waals surface area contributed by atoms with Crippen molar-refractivity contribution in [2.75, 3.05) is 0 Å². The topological polar surface area (TPSA) is 54.5 Å². The van der Waals surface area contributed by atoms with Crippen LogP contribution < -0.4 is 0 Å². The molecule has 1 radical (unpaired) electrons. The highest BCUT2D eigenvalue weighted by Crippen LogP contribution is 2.29. The van der Waals surface area contributed by atoms with Gasteiger partial charge in [0.25, 0.3) is 11.8 Å². The molecule has 2 aromatic carbocycles. The minimum atomic E-state index is -4.63. The van der Waals surface area contributed by atoms with Gasteiger partial charge in [0.2, 0.25) is 6.29 Å². The Kier molecular flexibility index (Phi) is 7.07. The quantitative estimate of drug-likeness (QED) is 0.493. The molecule has 30 heavy (non-hydrogen) atoms. The molecule has 0 unspecified atom stereocenters. The van der Waals surface area contributed by atoms with Gasteiger partial charge in [0, 0.05) is 11.1 Å². The number of rotatable bonds is 6. The number of carbonyl (C=O) groups excluding carboxylic acids is 3. The fourth-order valence-electron chi connectivity index (χ4n) is 2.74. The number of halogens is 5. The highest BCUT2D eigenvalue weighted by Gasteiger charge is 2.34. The fraction of sp³-hybridized carbons (Fsp3) is 0.286. The number of benzene rings is 2. The number of hydrogen-bond acceptors (Lipinski definition) is 3. The molecule has 0 aliphatic rings. The molecule has 0 aliphatic carbocycles. The highest BCUT2D eigenvalue weighted by molar-refractivity contribution is 6.11. The highest BCUT2D eigenvalue weighted by atomic mass is 19.4. The van der Waals surface area contributed by atoms with Crippen molar-refractivity contribution in [1.82, 2.24) is 4.90 Å². The predicted octanol–water partition coefficient (Wildman–Crippen LogP) is 4.79. The van der Waals surface area contributed by atoms with Crippen LogP contribution in [0.5, 0.6) is 0 Å². The Morgan fingerprint density at radius 1 is 0.933 bits per heavy atom. The molecule has 0 spiro atoms. The van der Waals surface area contributed by atoms with Gasteiger partial charge in [-0.15, -0.1) is 0 Å². The van der Waals surface area contributed by atoms with Crippen LogP contribution in [0.4, 0.5) is 22.0 Å². The maximum atomic E-state index is 13.6. The van der Waals surface area contributed by atoms with E-state index in [1.807, 2.05) is 0 Å². The molecule has 2 aromatic rings. The molecule has 2 amide bonds. The molecule has 0 saturated carbocycles. The minimum absolute atomic E-state index is 0.0191. The van der Waals surface area contributed by atoms with Crippen LogP contribution in [0.15, 0.2) is 42.5 Å². The van der Waals surface area contributed by atoms with Gasteiger partial charge < -0.3 is 0 Å². The molecule has 9 heteroatoms. The largest absolute Gasteiger partial charge is 0.416 e. The van der Waals surface area contributed by atoms with E-state index in [2.05, 4.69) is 0 Å². The normalized spacial score (nSPS) is 12.5. The molecule has 2 rings (SSSR count). The minimum Gasteiger partial charge on any atom is -0.288 e. The van der Waals surface area contributed by atoms with E-state index >= 15 is 0 Å². The Morgan fingerprint density at radius 2 is 1.47 bits per heavy atom. The molecule has 1 atom stereocenters. The van der Waals surface area contributed by atoms with Crippen LogP contribution in [-0.4, -0.2) is 29.0 Å². The lowest BCUT2D eigenvalue weighted by atomic mass is 10.0. The monoisotopic (exact) mass is 426 g/mol. The lowest BCUT2D eigenvalue weighted by Crippen LogP contribution is -2.46. The molecular formula is C21H17F5NO3. The lowest BCUT2D eigenvalue weighted by Gasteiger charge is -2.27. The van der Waals surface area contributed by atoms with Gasteiger partial charge in [0.15, 0.2) is 11.6 Å². The van der Waals surface area contributed by atoms with Crippen LogP contribution >= 0.6 is 0 Å². The Labute approximate surface area is 169 Å². The molecule has 0 aromatic heterocycles. The van der Waals surface area contributed by atoms with Crippen molar-refractivity contribution >= 4 is 18.1 Å². The van der Waals surface area contributed by atoms with Crippen LogP contribution in [-0.2, 0) is 11.0 Å². The van der Waals surface area contributed by atoms with Gasteiger partial charge in [-0.2, -0.15) is 13.2 Å². The summed E-state index contributed by atoms with van der Waals surface area (Å²) in [5, 5.41) is 0. The molecular weight excluding hydrogens is 409 g/mol. The number of carbonyl (C=O) groups is 2. The second-order valence-corrected chi connectivity index (χ2v) is 6.95. The van der Waals surface area contributed by atoms with Gasteiger partial charge in [-0.05, 0) is 54.8 Å². The first-order valence-corrected chi connectivity index (χ1v) is 8.83. The van der Waals surface area contributed by atoms with Crippen LogP contribution in [0.1, 0.15) is 46.5 Å². The number of hydrogen-bond donors (Lipinski definition) is 0. The summed E-state index contributed by atoms with van der Waals surface area (Å²) in [5.41, 5.74) is -1.70. The summed E-state index contributed by atoms with van der Waals surface area (Å²) < 4.78 is 65.0. The molecule has 159 valence electrons. The maximum absolute atomic E-state index is 13.6. The van der Waals surface area contributed by atoms with Crippen molar-refractivity contribution in [2.24, 2.45) is 5.92 Å². The van der Waals surface area contributed by atoms with Crippen LogP contribution in [0.25, 0.3) is 0 Å². The second-order valence-electron chi connectivity index (χ2n) is 6.95. The third kappa shape index (κ3) is 5.28. The lowest BCUT2D eigenvalue weighted by molar-refractivity contribution is -0.137. The molecule has 0 fully saturated rings. The van der Waals surface area contributed by atoms with Crippen molar-refractivity contribution < 1.29 is 36.3 Å². The van der Waals surface area contributed by atoms with Gasteiger partial charge in [-0.25, -0.2) is 8.78 Å². The van der Waals surface area contributed by atoms with E-state index in [0.29, 0.717) is 29.2 Å². The molecule has 0 N–H and O–H groups in total. The Bertz CT molecular complexity index is 939. The van der Waals surface area contributed by atoms with E-state index in [4.69, 9.17) is 0 Å². The number of alkyl halides is 3. The van der Waals surface area contributed by atoms with Gasteiger partial charge in [-0.3, -0.25) is 19.3 Å². The molecule has 0 bridgehead atoms. The van der Waals surface area contributed by atoms with Gasteiger partial charge in [0.05, 0.1) is 5.56 Å². The van der Waals surface area contributed by atoms with Crippen LogP contribution in [0, 0.1) is 17.6 Å². The van der Waals surface area contributed by atoms with E-state index in [1.54, 1.807) is 20.1 Å². The third-order valence-electron chi connectivity index (χ3n) is 4.21. The fourth-order valence-corrected chi connectivity index (χ4v) is 2.74. The Hall–Kier alpha value is -3.10. The first kappa shape index (κ1) is 23.2. The summed E-state index contributed by atoms with van der Waals surface area (Å²) in [6.07, 6.45) is -3.02. The van der Waals surface area contributed by atoms with Crippen molar-refractivity contribution in [2.45, 2.75) is 32.5 Å². The third-order valence-corrected chi connectivity index (χ3v) is 4.21. The van der Waals surface area contributed by atoms with E-state index in [9.17, 15) is 36.3 Å². The summed E-state index contributed by atoms with van der Waals surface area (Å²) in [6, 6.07) is 3.88. The van der Waals surface area contributed by atoms with Crippen molar-refractivity contribution in [3.05, 3.63) is 70.8 Å². The average molecular weight is 426 g/mol. The zero-order valence-corrected chi connectivity index (χ0v) is 16.0. The molecule has 0 aliphatic heterocycles. The smallest absolute Gasteiger partial charge is 0.288 e. The summed E-state index contributed by atoms with van der Waals surface area (Å²) in [6.45, 7) is 3.43. The van der Waals surface area contributed by atoms with Gasteiger partial charge in [0.1, 0.15) is 6.04 Å². The van der Waals surface area contributed by atoms with Crippen LogP contribution in [0.2, 0.25) is 0 Å².